The van der Waals surface area contributed by atoms with Crippen molar-refractivity contribution in [2.45, 2.75) is 6.92 Å². The van der Waals surface area contributed by atoms with Gasteiger partial charge in [-0.3, -0.25) is 9.36 Å². The Morgan fingerprint density at radius 1 is 1.11 bits per heavy atom. The predicted molar refractivity (Wildman–Crippen MR) is 97.2 cm³/mol. The van der Waals surface area contributed by atoms with Gasteiger partial charge in [0.05, 0.1) is 18.1 Å². The Bertz CT molecular complexity index is 1060. The van der Waals surface area contributed by atoms with Crippen molar-refractivity contribution in [3.8, 4) is 17.6 Å². The maximum absolute atomic E-state index is 12.0. The number of amides is 1. The Morgan fingerprint density at radius 2 is 1.96 bits per heavy atom. The second-order valence-corrected chi connectivity index (χ2v) is 5.63. The third-order valence-corrected chi connectivity index (χ3v) is 3.68. The minimum Gasteiger partial charge on any atom is -0.466 e. The average Bonchev–Trinajstić information content (AvgIpc) is 3.39. The molecule has 0 aliphatic carbocycles. The topological polar surface area (TPSA) is 126 Å². The highest BCUT2D eigenvalue weighted by molar-refractivity contribution is 5.91. The van der Waals surface area contributed by atoms with Crippen LogP contribution in [0.5, 0.6) is 5.88 Å². The molecule has 4 aromatic heterocycles. The molecule has 140 valence electrons. The van der Waals surface area contributed by atoms with Crippen LogP contribution in [-0.2, 0) is 4.79 Å². The Labute approximate surface area is 159 Å². The van der Waals surface area contributed by atoms with E-state index < -0.39 is 0 Å². The smallest absolute Gasteiger partial charge is 0.262 e. The van der Waals surface area contributed by atoms with Gasteiger partial charge in [-0.25, -0.2) is 19.6 Å². The fourth-order valence-corrected chi connectivity index (χ4v) is 2.35. The molecule has 0 radical (unpaired) electrons. The number of aryl methyl sites for hydroxylation is 1. The number of rotatable bonds is 6. The third-order valence-electron chi connectivity index (χ3n) is 3.68. The van der Waals surface area contributed by atoms with Crippen molar-refractivity contribution in [3.63, 3.8) is 0 Å². The summed E-state index contributed by atoms with van der Waals surface area (Å²) in [6, 6.07) is 5.09. The van der Waals surface area contributed by atoms with Crippen LogP contribution in [0.3, 0.4) is 0 Å². The zero-order valence-corrected chi connectivity index (χ0v) is 14.8. The van der Waals surface area contributed by atoms with Crippen molar-refractivity contribution in [2.75, 3.05) is 11.9 Å². The molecule has 0 saturated carbocycles. The van der Waals surface area contributed by atoms with Gasteiger partial charge in [-0.05, 0) is 19.1 Å². The molecule has 0 spiro atoms. The van der Waals surface area contributed by atoms with Crippen LogP contribution in [0.4, 0.5) is 5.69 Å². The maximum Gasteiger partial charge on any atom is 0.262 e. The summed E-state index contributed by atoms with van der Waals surface area (Å²) in [6.45, 7) is 1.62. The molecule has 11 heteroatoms. The number of nitrogens with zero attached hydrogens (tertiary/aromatic N) is 8. The number of carbonyl (C=O) groups is 1. The van der Waals surface area contributed by atoms with Gasteiger partial charge in [-0.15, -0.1) is 10.2 Å². The summed E-state index contributed by atoms with van der Waals surface area (Å²) in [5.74, 6) is 1.65. The van der Waals surface area contributed by atoms with Crippen LogP contribution in [0.1, 0.15) is 5.82 Å². The van der Waals surface area contributed by atoms with Gasteiger partial charge in [0.1, 0.15) is 5.82 Å². The third kappa shape index (κ3) is 3.82. The van der Waals surface area contributed by atoms with Crippen molar-refractivity contribution in [1.29, 1.82) is 0 Å². The lowest BCUT2D eigenvalue weighted by Crippen LogP contribution is -2.21. The van der Waals surface area contributed by atoms with E-state index in [0.29, 0.717) is 17.5 Å². The molecule has 0 aromatic carbocycles. The van der Waals surface area contributed by atoms with Gasteiger partial charge in [0.25, 0.3) is 5.91 Å². The summed E-state index contributed by atoms with van der Waals surface area (Å²) in [4.78, 5) is 24.6. The standard InChI is InChI=1S/C17H15N9O2/c1-12-18-6-8-25(12)17-19-9-13(10-20-17)22-15(27)11-28-16-4-3-14(23-24-16)26-7-2-5-21-26/h2-10H,11H2,1H3,(H,22,27). The van der Waals surface area contributed by atoms with Crippen molar-refractivity contribution in [3.05, 3.63) is 61.2 Å². The molecule has 28 heavy (non-hydrogen) atoms. The molecule has 4 aromatic rings. The zero-order valence-electron chi connectivity index (χ0n) is 14.8. The van der Waals surface area contributed by atoms with Gasteiger partial charge >= 0.3 is 0 Å². The van der Waals surface area contributed by atoms with Gasteiger partial charge in [0.2, 0.25) is 11.8 Å². The molecular formula is C17H15N9O2. The lowest BCUT2D eigenvalue weighted by molar-refractivity contribution is -0.118. The number of imidazole rings is 1. The fourth-order valence-electron chi connectivity index (χ4n) is 2.35. The number of anilines is 1. The highest BCUT2D eigenvalue weighted by atomic mass is 16.5. The highest BCUT2D eigenvalue weighted by Gasteiger charge is 2.08. The number of carbonyl (C=O) groups excluding carboxylic acids is 1. The maximum atomic E-state index is 12.0. The summed E-state index contributed by atoms with van der Waals surface area (Å²) in [6.07, 6.45) is 9.84. The molecule has 0 fully saturated rings. The fraction of sp³-hybridized carbons (Fsp3) is 0.118. The van der Waals surface area contributed by atoms with Crippen LogP contribution in [0.2, 0.25) is 0 Å². The normalized spacial score (nSPS) is 10.6. The number of aromatic nitrogens is 8. The number of hydrogen-bond acceptors (Lipinski definition) is 8. The summed E-state index contributed by atoms with van der Waals surface area (Å²) >= 11 is 0. The van der Waals surface area contributed by atoms with Crippen LogP contribution in [0.15, 0.2) is 55.4 Å². The first-order valence-corrected chi connectivity index (χ1v) is 8.28. The minimum absolute atomic E-state index is 0.224. The largest absolute Gasteiger partial charge is 0.466 e. The van der Waals surface area contributed by atoms with E-state index in [1.807, 2.05) is 6.92 Å². The molecule has 0 aliphatic heterocycles. The van der Waals surface area contributed by atoms with Crippen LogP contribution in [0, 0.1) is 6.92 Å². The van der Waals surface area contributed by atoms with Crippen LogP contribution in [0.25, 0.3) is 11.8 Å². The molecule has 4 rings (SSSR count). The molecule has 0 unspecified atom stereocenters. The SMILES string of the molecule is Cc1nccn1-c1ncc(NC(=O)COc2ccc(-n3cccn3)nn2)cn1. The van der Waals surface area contributed by atoms with Crippen LogP contribution >= 0.6 is 0 Å². The Balaban J connectivity index is 1.31. The predicted octanol–water partition coefficient (Wildman–Crippen LogP) is 0.964. The first kappa shape index (κ1) is 17.3. The first-order chi connectivity index (χ1) is 13.7. The first-order valence-electron chi connectivity index (χ1n) is 8.28. The van der Waals surface area contributed by atoms with E-state index in [1.54, 1.807) is 52.2 Å². The molecule has 1 N–H and O–H groups in total. The quantitative estimate of drug-likeness (QED) is 0.527. The van der Waals surface area contributed by atoms with Crippen molar-refractivity contribution < 1.29 is 9.53 Å². The average molecular weight is 377 g/mol. The Hall–Kier alpha value is -4.15. The molecular weight excluding hydrogens is 362 g/mol. The lowest BCUT2D eigenvalue weighted by atomic mass is 10.5. The van der Waals surface area contributed by atoms with Crippen LogP contribution < -0.4 is 10.1 Å². The van der Waals surface area contributed by atoms with E-state index >= 15 is 0 Å². The molecule has 0 atom stereocenters. The minimum atomic E-state index is -0.367. The van der Waals surface area contributed by atoms with E-state index in [0.717, 1.165) is 5.82 Å². The zero-order chi connectivity index (χ0) is 19.3. The van der Waals surface area contributed by atoms with Crippen molar-refractivity contribution >= 4 is 11.6 Å². The van der Waals surface area contributed by atoms with Crippen molar-refractivity contribution in [1.82, 2.24) is 39.5 Å². The van der Waals surface area contributed by atoms with E-state index in [4.69, 9.17) is 4.74 Å². The van der Waals surface area contributed by atoms with Crippen molar-refractivity contribution in [2.24, 2.45) is 0 Å². The molecule has 0 bridgehead atoms. The Morgan fingerprint density at radius 3 is 2.61 bits per heavy atom. The van der Waals surface area contributed by atoms with Gasteiger partial charge in [-0.2, -0.15) is 5.10 Å². The second kappa shape index (κ2) is 7.61. The molecule has 0 aliphatic rings. The molecule has 11 nitrogen and oxygen atoms in total. The van der Waals surface area contributed by atoms with Gasteiger partial charge in [0, 0.05) is 30.9 Å². The van der Waals surface area contributed by atoms with E-state index in [1.165, 1.54) is 12.4 Å². The van der Waals surface area contributed by atoms with E-state index in [9.17, 15) is 4.79 Å². The van der Waals surface area contributed by atoms with Gasteiger partial charge < -0.3 is 10.1 Å². The lowest BCUT2D eigenvalue weighted by Gasteiger charge is -2.07. The molecule has 4 heterocycles. The number of nitrogens with one attached hydrogen (secondary N) is 1. The number of hydrogen-bond donors (Lipinski definition) is 1. The Kier molecular flexibility index (Phi) is 4.70. The number of ether oxygens (including phenoxy) is 1. The highest BCUT2D eigenvalue weighted by Crippen LogP contribution is 2.10. The monoisotopic (exact) mass is 377 g/mol. The summed E-state index contributed by atoms with van der Waals surface area (Å²) < 4.78 is 8.65. The second-order valence-electron chi connectivity index (χ2n) is 5.63. The molecule has 1 amide bonds. The summed E-state index contributed by atoms with van der Waals surface area (Å²) in [5.41, 5.74) is 0.454. The molecule has 0 saturated heterocycles. The van der Waals surface area contributed by atoms with Crippen LogP contribution in [-0.4, -0.2) is 52.0 Å². The van der Waals surface area contributed by atoms with Gasteiger partial charge in [0.15, 0.2) is 12.4 Å². The summed E-state index contributed by atoms with van der Waals surface area (Å²) in [5, 5.41) is 14.6. The summed E-state index contributed by atoms with van der Waals surface area (Å²) in [7, 11) is 0. The van der Waals surface area contributed by atoms with Gasteiger partial charge in [-0.1, -0.05) is 0 Å². The van der Waals surface area contributed by atoms with E-state index in [2.05, 4.69) is 35.6 Å². The van der Waals surface area contributed by atoms with E-state index in [-0.39, 0.29) is 18.4 Å².